The highest BCUT2D eigenvalue weighted by Gasteiger charge is 2.34. The van der Waals surface area contributed by atoms with Gasteiger partial charge in [-0.3, -0.25) is 4.79 Å². The molecule has 0 bridgehead atoms. The molecule has 1 saturated carbocycles. The van der Waals surface area contributed by atoms with E-state index in [1.54, 1.807) is 4.90 Å². The van der Waals surface area contributed by atoms with Crippen molar-refractivity contribution in [3.8, 4) is 0 Å². The van der Waals surface area contributed by atoms with Crippen molar-refractivity contribution in [2.45, 2.75) is 45.4 Å². The second-order valence-electron chi connectivity index (χ2n) is 5.99. The van der Waals surface area contributed by atoms with Crippen LogP contribution in [0.15, 0.2) is 0 Å². The van der Waals surface area contributed by atoms with Crippen molar-refractivity contribution in [3.63, 3.8) is 0 Å². The lowest BCUT2D eigenvalue weighted by molar-refractivity contribution is -0.141. The van der Waals surface area contributed by atoms with Crippen LogP contribution in [-0.2, 0) is 4.79 Å². The van der Waals surface area contributed by atoms with Crippen LogP contribution in [0.2, 0.25) is 0 Å². The molecule has 0 aromatic carbocycles. The van der Waals surface area contributed by atoms with Crippen molar-refractivity contribution in [2.24, 2.45) is 11.3 Å². The van der Waals surface area contributed by atoms with Crippen molar-refractivity contribution >= 4 is 12.0 Å². The normalized spacial score (nSPS) is 25.5. The number of amides is 2. The standard InChI is InChI=1S/C14H24N2O3/c1-2-14(6-3-4-7-14)10-15-13(19)16-8-5-11(9-16)12(17)18/h11H,2-10H2,1H3,(H,15,19)(H,17,18). The van der Waals surface area contributed by atoms with Crippen LogP contribution in [0.3, 0.4) is 0 Å². The van der Waals surface area contributed by atoms with E-state index in [2.05, 4.69) is 12.2 Å². The summed E-state index contributed by atoms with van der Waals surface area (Å²) in [6.45, 7) is 3.83. The summed E-state index contributed by atoms with van der Waals surface area (Å²) in [5, 5.41) is 11.9. The van der Waals surface area contributed by atoms with Crippen LogP contribution in [0.4, 0.5) is 4.79 Å². The Balaban J connectivity index is 1.80. The molecule has 0 spiro atoms. The zero-order valence-electron chi connectivity index (χ0n) is 11.7. The van der Waals surface area contributed by atoms with Crippen LogP contribution < -0.4 is 5.32 Å². The van der Waals surface area contributed by atoms with Crippen LogP contribution in [0.5, 0.6) is 0 Å². The fourth-order valence-corrected chi connectivity index (χ4v) is 3.30. The van der Waals surface area contributed by atoms with Gasteiger partial charge in [0.2, 0.25) is 0 Å². The zero-order valence-corrected chi connectivity index (χ0v) is 11.7. The highest BCUT2D eigenvalue weighted by Crippen LogP contribution is 2.40. The summed E-state index contributed by atoms with van der Waals surface area (Å²) in [4.78, 5) is 24.6. The fraction of sp³-hybridized carbons (Fsp3) is 0.857. The summed E-state index contributed by atoms with van der Waals surface area (Å²) in [7, 11) is 0. The van der Waals surface area contributed by atoms with E-state index in [1.807, 2.05) is 0 Å². The summed E-state index contributed by atoms with van der Waals surface area (Å²) in [5.74, 6) is -1.19. The lowest BCUT2D eigenvalue weighted by atomic mass is 9.83. The van der Waals surface area contributed by atoms with E-state index >= 15 is 0 Å². The van der Waals surface area contributed by atoms with E-state index in [0.717, 1.165) is 13.0 Å². The van der Waals surface area contributed by atoms with Gasteiger partial charge >= 0.3 is 12.0 Å². The Bertz CT molecular complexity index is 351. The van der Waals surface area contributed by atoms with E-state index in [0.29, 0.717) is 19.5 Å². The molecule has 2 N–H and O–H groups in total. The second-order valence-corrected chi connectivity index (χ2v) is 5.99. The molecule has 1 unspecified atom stereocenters. The van der Waals surface area contributed by atoms with Crippen LogP contribution in [0.25, 0.3) is 0 Å². The molecule has 1 aliphatic carbocycles. The third-order valence-corrected chi connectivity index (χ3v) is 4.85. The Labute approximate surface area is 114 Å². The van der Waals surface area contributed by atoms with E-state index in [-0.39, 0.29) is 11.4 Å². The van der Waals surface area contributed by atoms with Crippen molar-refractivity contribution in [3.05, 3.63) is 0 Å². The minimum absolute atomic E-state index is 0.0940. The summed E-state index contributed by atoms with van der Waals surface area (Å²) in [5.41, 5.74) is 0.279. The third-order valence-electron chi connectivity index (χ3n) is 4.85. The first-order valence-electron chi connectivity index (χ1n) is 7.32. The molecule has 2 aliphatic rings. The van der Waals surface area contributed by atoms with Crippen LogP contribution in [0.1, 0.15) is 45.4 Å². The number of carboxylic acids is 1. The molecule has 1 saturated heterocycles. The van der Waals surface area contributed by atoms with Gasteiger partial charge in [-0.15, -0.1) is 0 Å². The Morgan fingerprint density at radius 3 is 2.58 bits per heavy atom. The number of likely N-dealkylation sites (tertiary alicyclic amines) is 1. The molecule has 5 heteroatoms. The molecule has 0 radical (unpaired) electrons. The average Bonchev–Trinajstić information content (AvgIpc) is 3.06. The molecular formula is C14H24N2O3. The van der Waals surface area contributed by atoms with Gasteiger partial charge in [-0.25, -0.2) is 4.79 Å². The monoisotopic (exact) mass is 268 g/mol. The van der Waals surface area contributed by atoms with Gasteiger partial charge in [0.1, 0.15) is 0 Å². The molecular weight excluding hydrogens is 244 g/mol. The largest absolute Gasteiger partial charge is 0.481 e. The predicted octanol–water partition coefficient (Wildman–Crippen LogP) is 2.07. The van der Waals surface area contributed by atoms with Gasteiger partial charge in [-0.05, 0) is 31.1 Å². The Morgan fingerprint density at radius 1 is 1.37 bits per heavy atom. The smallest absolute Gasteiger partial charge is 0.317 e. The van der Waals surface area contributed by atoms with E-state index in [4.69, 9.17) is 5.11 Å². The number of aliphatic carboxylic acids is 1. The quantitative estimate of drug-likeness (QED) is 0.820. The minimum atomic E-state index is -0.795. The lowest BCUT2D eigenvalue weighted by Crippen LogP contribution is -2.43. The van der Waals surface area contributed by atoms with E-state index in [9.17, 15) is 9.59 Å². The van der Waals surface area contributed by atoms with Crippen molar-refractivity contribution in [2.75, 3.05) is 19.6 Å². The average molecular weight is 268 g/mol. The Hall–Kier alpha value is -1.26. The van der Waals surface area contributed by atoms with Gasteiger partial charge in [0, 0.05) is 19.6 Å². The maximum absolute atomic E-state index is 12.1. The van der Waals surface area contributed by atoms with Gasteiger partial charge in [-0.1, -0.05) is 19.8 Å². The van der Waals surface area contributed by atoms with Gasteiger partial charge < -0.3 is 15.3 Å². The first-order chi connectivity index (χ1) is 9.06. The molecule has 1 atom stereocenters. The van der Waals surface area contributed by atoms with Gasteiger partial charge in [-0.2, -0.15) is 0 Å². The molecule has 0 aromatic heterocycles. The molecule has 5 nitrogen and oxygen atoms in total. The summed E-state index contributed by atoms with van der Waals surface area (Å²) < 4.78 is 0. The molecule has 108 valence electrons. The number of nitrogens with one attached hydrogen (secondary N) is 1. The van der Waals surface area contributed by atoms with E-state index < -0.39 is 11.9 Å². The number of nitrogens with zero attached hydrogens (tertiary/aromatic N) is 1. The number of carbonyl (C=O) groups is 2. The first kappa shape index (κ1) is 14.2. The molecule has 1 aliphatic heterocycles. The molecule has 0 aromatic rings. The fourth-order valence-electron chi connectivity index (χ4n) is 3.30. The number of rotatable bonds is 4. The zero-order chi connectivity index (χ0) is 13.9. The third kappa shape index (κ3) is 3.19. The van der Waals surface area contributed by atoms with Crippen LogP contribution in [-0.4, -0.2) is 41.6 Å². The minimum Gasteiger partial charge on any atom is -0.481 e. The number of urea groups is 1. The highest BCUT2D eigenvalue weighted by atomic mass is 16.4. The molecule has 2 fully saturated rings. The molecule has 19 heavy (non-hydrogen) atoms. The SMILES string of the molecule is CCC1(CNC(=O)N2CCC(C(=O)O)C2)CCCC1. The maximum Gasteiger partial charge on any atom is 0.317 e. The summed E-state index contributed by atoms with van der Waals surface area (Å²) >= 11 is 0. The van der Waals surface area contributed by atoms with Gasteiger partial charge in [0.25, 0.3) is 0 Å². The van der Waals surface area contributed by atoms with Gasteiger partial charge in [0.15, 0.2) is 0 Å². The number of carboxylic acid groups (broad SMARTS) is 1. The van der Waals surface area contributed by atoms with Crippen LogP contribution in [0, 0.1) is 11.3 Å². The first-order valence-corrected chi connectivity index (χ1v) is 7.32. The topological polar surface area (TPSA) is 69.6 Å². The Kier molecular flexibility index (Phi) is 4.32. The summed E-state index contributed by atoms with van der Waals surface area (Å²) in [6.07, 6.45) is 6.58. The number of hydrogen-bond donors (Lipinski definition) is 2. The van der Waals surface area contributed by atoms with Crippen molar-refractivity contribution in [1.82, 2.24) is 10.2 Å². The number of hydrogen-bond acceptors (Lipinski definition) is 2. The van der Waals surface area contributed by atoms with E-state index in [1.165, 1.54) is 25.7 Å². The van der Waals surface area contributed by atoms with Crippen molar-refractivity contribution in [1.29, 1.82) is 0 Å². The summed E-state index contributed by atoms with van der Waals surface area (Å²) in [6, 6.07) is -0.0940. The molecule has 2 rings (SSSR count). The molecule has 1 heterocycles. The predicted molar refractivity (Wildman–Crippen MR) is 71.9 cm³/mol. The second kappa shape index (κ2) is 5.80. The number of carbonyl (C=O) groups excluding carboxylic acids is 1. The van der Waals surface area contributed by atoms with Gasteiger partial charge in [0.05, 0.1) is 5.92 Å². The maximum atomic E-state index is 12.1. The lowest BCUT2D eigenvalue weighted by Gasteiger charge is -2.29. The van der Waals surface area contributed by atoms with Crippen LogP contribution >= 0.6 is 0 Å². The Morgan fingerprint density at radius 2 is 2.05 bits per heavy atom. The highest BCUT2D eigenvalue weighted by molar-refractivity contribution is 5.77. The van der Waals surface area contributed by atoms with Crippen molar-refractivity contribution < 1.29 is 14.7 Å². The molecule has 2 amide bonds.